The molecule has 0 amide bonds. The Hall–Kier alpha value is -0.580. The smallest absolute Gasteiger partial charge is 0.0762 e. The molecule has 1 saturated heterocycles. The van der Waals surface area contributed by atoms with E-state index in [1.165, 1.54) is 25.1 Å². The summed E-state index contributed by atoms with van der Waals surface area (Å²) in [6.07, 6.45) is 2.09. The van der Waals surface area contributed by atoms with E-state index in [-0.39, 0.29) is 0 Å². The summed E-state index contributed by atoms with van der Waals surface area (Å²) in [5.74, 6) is 0.816. The van der Waals surface area contributed by atoms with Crippen LogP contribution in [0.2, 0.25) is 0 Å². The van der Waals surface area contributed by atoms with E-state index < -0.39 is 6.10 Å². The van der Waals surface area contributed by atoms with Crippen LogP contribution in [0, 0.1) is 5.92 Å². The fourth-order valence-electron chi connectivity index (χ4n) is 2.91. The summed E-state index contributed by atoms with van der Waals surface area (Å²) in [5, 5.41) is 9.63. The highest BCUT2D eigenvalue weighted by atomic mass is 79.9. The lowest BCUT2D eigenvalue weighted by Crippen LogP contribution is -2.37. The predicted molar refractivity (Wildman–Crippen MR) is 88.3 cm³/mol. The van der Waals surface area contributed by atoms with Crippen LogP contribution in [-0.2, 0) is 0 Å². The third kappa shape index (κ3) is 3.96. The molecule has 1 unspecified atom stereocenters. The Kier molecular flexibility index (Phi) is 5.47. The second kappa shape index (κ2) is 6.92. The molecule has 1 aliphatic rings. The van der Waals surface area contributed by atoms with Gasteiger partial charge in [0.15, 0.2) is 0 Å². The van der Waals surface area contributed by atoms with Crippen LogP contribution >= 0.6 is 15.9 Å². The largest absolute Gasteiger partial charge is 0.389 e. The van der Waals surface area contributed by atoms with E-state index in [9.17, 15) is 5.11 Å². The van der Waals surface area contributed by atoms with Gasteiger partial charge in [0, 0.05) is 24.1 Å². The molecule has 3 nitrogen and oxygen atoms in total. The fraction of sp³-hybridized carbons (Fsp3) is 0.625. The maximum Gasteiger partial charge on any atom is 0.0762 e. The average molecular weight is 341 g/mol. The van der Waals surface area contributed by atoms with Crippen molar-refractivity contribution in [2.45, 2.75) is 25.9 Å². The first-order valence-corrected chi connectivity index (χ1v) is 8.14. The second-order valence-corrected chi connectivity index (χ2v) is 6.93. The molecule has 4 heteroatoms. The van der Waals surface area contributed by atoms with Crippen LogP contribution in [0.3, 0.4) is 0 Å². The number of hydrogen-bond acceptors (Lipinski definition) is 3. The SMILES string of the molecule is CC(O)c1ccc(N2CCC(CN(C)C)CC2)c(Br)c1. The lowest BCUT2D eigenvalue weighted by atomic mass is 9.96. The van der Waals surface area contributed by atoms with E-state index in [1.807, 2.05) is 12.1 Å². The van der Waals surface area contributed by atoms with Crippen LogP contribution in [0.25, 0.3) is 0 Å². The van der Waals surface area contributed by atoms with Crippen LogP contribution in [0.5, 0.6) is 0 Å². The molecule has 1 aromatic rings. The molecule has 2 rings (SSSR count). The van der Waals surface area contributed by atoms with Crippen molar-refractivity contribution in [3.8, 4) is 0 Å². The molecule has 1 N–H and O–H groups in total. The van der Waals surface area contributed by atoms with E-state index in [4.69, 9.17) is 0 Å². The molecule has 20 heavy (non-hydrogen) atoms. The van der Waals surface area contributed by atoms with E-state index in [0.29, 0.717) is 0 Å². The average Bonchev–Trinajstić information content (AvgIpc) is 2.39. The van der Waals surface area contributed by atoms with Gasteiger partial charge in [-0.2, -0.15) is 0 Å². The van der Waals surface area contributed by atoms with Crippen LogP contribution in [0.1, 0.15) is 31.4 Å². The first-order chi connectivity index (χ1) is 9.47. The van der Waals surface area contributed by atoms with Gasteiger partial charge in [-0.25, -0.2) is 0 Å². The number of aliphatic hydroxyl groups is 1. The molecule has 0 spiro atoms. The second-order valence-electron chi connectivity index (χ2n) is 6.08. The minimum atomic E-state index is -0.411. The Bertz CT molecular complexity index is 440. The van der Waals surface area contributed by atoms with Crippen molar-refractivity contribution in [2.24, 2.45) is 5.92 Å². The van der Waals surface area contributed by atoms with Gasteiger partial charge < -0.3 is 14.9 Å². The van der Waals surface area contributed by atoms with Gasteiger partial charge >= 0.3 is 0 Å². The Labute approximate surface area is 130 Å². The van der Waals surface area contributed by atoms with Crippen LogP contribution in [-0.4, -0.2) is 43.7 Å². The van der Waals surface area contributed by atoms with Gasteiger partial charge in [-0.3, -0.25) is 0 Å². The standard InChI is InChI=1S/C16H25BrN2O/c1-12(20)14-4-5-16(15(17)10-14)19-8-6-13(7-9-19)11-18(2)3/h4-5,10,12-13,20H,6-9,11H2,1-3H3. The van der Waals surface area contributed by atoms with Crippen molar-refractivity contribution < 1.29 is 5.11 Å². The minimum Gasteiger partial charge on any atom is -0.389 e. The van der Waals surface area contributed by atoms with E-state index >= 15 is 0 Å². The fourth-order valence-corrected chi connectivity index (χ4v) is 3.56. The Morgan fingerprint density at radius 1 is 1.35 bits per heavy atom. The summed E-state index contributed by atoms with van der Waals surface area (Å²) >= 11 is 3.65. The van der Waals surface area contributed by atoms with Gasteiger partial charge in [0.25, 0.3) is 0 Å². The van der Waals surface area contributed by atoms with Crippen molar-refractivity contribution in [1.29, 1.82) is 0 Å². The molecule has 1 heterocycles. The van der Waals surface area contributed by atoms with Crippen molar-refractivity contribution in [3.63, 3.8) is 0 Å². The highest BCUT2D eigenvalue weighted by molar-refractivity contribution is 9.10. The Morgan fingerprint density at radius 2 is 2.00 bits per heavy atom. The highest BCUT2D eigenvalue weighted by Gasteiger charge is 2.21. The topological polar surface area (TPSA) is 26.7 Å². The molecule has 1 fully saturated rings. The van der Waals surface area contributed by atoms with Crippen molar-refractivity contribution >= 4 is 21.6 Å². The summed E-state index contributed by atoms with van der Waals surface area (Å²) < 4.78 is 1.09. The van der Waals surface area contributed by atoms with Crippen LogP contribution in [0.4, 0.5) is 5.69 Å². The first-order valence-electron chi connectivity index (χ1n) is 7.34. The molecule has 0 saturated carbocycles. The number of piperidine rings is 1. The number of hydrogen-bond donors (Lipinski definition) is 1. The van der Waals surface area contributed by atoms with E-state index in [2.05, 4.69) is 45.9 Å². The van der Waals surface area contributed by atoms with E-state index in [1.54, 1.807) is 6.92 Å². The maximum absolute atomic E-state index is 9.63. The summed E-state index contributed by atoms with van der Waals surface area (Å²) in [6.45, 7) is 5.22. The zero-order valence-electron chi connectivity index (χ0n) is 12.6. The molecule has 0 radical (unpaired) electrons. The van der Waals surface area contributed by atoms with Gasteiger partial charge in [0.1, 0.15) is 0 Å². The van der Waals surface area contributed by atoms with Gasteiger partial charge in [0.05, 0.1) is 11.8 Å². The normalized spacial score (nSPS) is 18.6. The number of anilines is 1. The zero-order chi connectivity index (χ0) is 14.7. The highest BCUT2D eigenvalue weighted by Crippen LogP contribution is 2.32. The number of benzene rings is 1. The number of rotatable bonds is 4. The lowest BCUT2D eigenvalue weighted by Gasteiger charge is -2.35. The minimum absolute atomic E-state index is 0.411. The van der Waals surface area contributed by atoms with Crippen molar-refractivity contribution in [2.75, 3.05) is 38.6 Å². The van der Waals surface area contributed by atoms with Crippen molar-refractivity contribution in [1.82, 2.24) is 4.90 Å². The summed E-state index contributed by atoms with van der Waals surface area (Å²) in [7, 11) is 4.30. The monoisotopic (exact) mass is 340 g/mol. The molecule has 0 bridgehead atoms. The lowest BCUT2D eigenvalue weighted by molar-refractivity contribution is 0.199. The summed E-state index contributed by atoms with van der Waals surface area (Å²) in [5.41, 5.74) is 2.21. The summed E-state index contributed by atoms with van der Waals surface area (Å²) in [6, 6.07) is 6.18. The predicted octanol–water partition coefficient (Wildman–Crippen LogP) is 3.28. The zero-order valence-corrected chi connectivity index (χ0v) is 14.2. The first kappa shape index (κ1) is 15.8. The molecule has 0 aliphatic carbocycles. The van der Waals surface area contributed by atoms with Gasteiger partial charge in [-0.1, -0.05) is 6.07 Å². The van der Waals surface area contributed by atoms with E-state index in [0.717, 1.165) is 29.0 Å². The number of nitrogens with zero attached hydrogens (tertiary/aromatic N) is 2. The Morgan fingerprint density at radius 3 is 2.50 bits per heavy atom. The molecular formula is C16H25BrN2O. The maximum atomic E-state index is 9.63. The molecule has 112 valence electrons. The molecule has 1 aliphatic heterocycles. The third-order valence-electron chi connectivity index (χ3n) is 4.03. The quantitative estimate of drug-likeness (QED) is 0.911. The Balaban J connectivity index is 2.00. The van der Waals surface area contributed by atoms with Crippen LogP contribution < -0.4 is 4.90 Å². The molecule has 1 aromatic carbocycles. The molecule has 1 atom stereocenters. The third-order valence-corrected chi connectivity index (χ3v) is 4.67. The van der Waals surface area contributed by atoms with Crippen molar-refractivity contribution in [3.05, 3.63) is 28.2 Å². The summed E-state index contributed by atoms with van der Waals surface area (Å²) in [4.78, 5) is 4.73. The molecule has 0 aromatic heterocycles. The number of aliphatic hydroxyl groups excluding tert-OH is 1. The van der Waals surface area contributed by atoms with Gasteiger partial charge in [0.2, 0.25) is 0 Å². The molecular weight excluding hydrogens is 316 g/mol. The van der Waals surface area contributed by atoms with Gasteiger partial charge in [-0.05, 0) is 73.4 Å². The number of halogens is 1. The van der Waals surface area contributed by atoms with Crippen LogP contribution in [0.15, 0.2) is 22.7 Å². The van der Waals surface area contributed by atoms with Gasteiger partial charge in [-0.15, -0.1) is 0 Å².